The van der Waals surface area contributed by atoms with Gasteiger partial charge in [-0.25, -0.2) is 14.8 Å². The Morgan fingerprint density at radius 2 is 1.91 bits per heavy atom. The first-order valence-electron chi connectivity index (χ1n) is 11.3. The van der Waals surface area contributed by atoms with Crippen LogP contribution in [0.25, 0.3) is 22.3 Å². The van der Waals surface area contributed by atoms with Gasteiger partial charge in [0.05, 0.1) is 11.4 Å². The SMILES string of the molecule is CC(NC(=O)N1CCN(c2ncnc3[nH]c(-c4ccncc4)cc23)C[C@@H]1C)c1ccc(Cl)cc1. The van der Waals surface area contributed by atoms with Gasteiger partial charge >= 0.3 is 6.03 Å². The summed E-state index contributed by atoms with van der Waals surface area (Å²) >= 11 is 5.98. The van der Waals surface area contributed by atoms with Crippen molar-refractivity contribution in [2.24, 2.45) is 0 Å². The van der Waals surface area contributed by atoms with E-state index in [1.165, 1.54) is 0 Å². The predicted octanol–water partition coefficient (Wildman–Crippen LogP) is 4.65. The molecule has 4 heterocycles. The lowest BCUT2D eigenvalue weighted by molar-refractivity contribution is 0.168. The van der Waals surface area contributed by atoms with Crippen molar-refractivity contribution in [3.63, 3.8) is 0 Å². The molecule has 0 spiro atoms. The second-order valence-corrected chi connectivity index (χ2v) is 9.03. The van der Waals surface area contributed by atoms with Gasteiger partial charge in [0, 0.05) is 54.3 Å². The third-order valence-corrected chi connectivity index (χ3v) is 6.55. The number of benzene rings is 1. The Labute approximate surface area is 203 Å². The molecule has 0 aliphatic carbocycles. The Bertz CT molecular complexity index is 1290. The van der Waals surface area contributed by atoms with Crippen LogP contribution in [0.3, 0.4) is 0 Å². The topological polar surface area (TPSA) is 90.0 Å². The molecule has 1 unspecified atom stereocenters. The van der Waals surface area contributed by atoms with Gasteiger partial charge in [0.15, 0.2) is 0 Å². The average molecular weight is 476 g/mol. The lowest BCUT2D eigenvalue weighted by Crippen LogP contribution is -2.57. The first-order chi connectivity index (χ1) is 16.5. The Balaban J connectivity index is 1.29. The summed E-state index contributed by atoms with van der Waals surface area (Å²) in [5, 5.41) is 4.76. The minimum Gasteiger partial charge on any atom is -0.352 e. The number of aromatic amines is 1. The van der Waals surface area contributed by atoms with E-state index >= 15 is 0 Å². The third kappa shape index (κ3) is 4.41. The molecule has 1 aliphatic rings. The van der Waals surface area contributed by atoms with Crippen LogP contribution in [0, 0.1) is 0 Å². The molecule has 1 aromatic carbocycles. The largest absolute Gasteiger partial charge is 0.352 e. The molecule has 0 radical (unpaired) electrons. The summed E-state index contributed by atoms with van der Waals surface area (Å²) in [5.74, 6) is 0.878. The van der Waals surface area contributed by atoms with Crippen LogP contribution in [0.15, 0.2) is 61.2 Å². The number of rotatable bonds is 4. The van der Waals surface area contributed by atoms with Gasteiger partial charge in [-0.3, -0.25) is 4.98 Å². The minimum absolute atomic E-state index is 0.0230. The van der Waals surface area contributed by atoms with Gasteiger partial charge in [0.2, 0.25) is 0 Å². The lowest BCUT2D eigenvalue weighted by Gasteiger charge is -2.40. The van der Waals surface area contributed by atoms with Crippen molar-refractivity contribution in [1.29, 1.82) is 0 Å². The predicted molar refractivity (Wildman–Crippen MR) is 134 cm³/mol. The number of carbonyl (C=O) groups is 1. The van der Waals surface area contributed by atoms with Crippen LogP contribution in [0.1, 0.15) is 25.5 Å². The monoisotopic (exact) mass is 475 g/mol. The summed E-state index contributed by atoms with van der Waals surface area (Å²) in [5.41, 5.74) is 3.83. The van der Waals surface area contributed by atoms with E-state index in [9.17, 15) is 4.79 Å². The van der Waals surface area contributed by atoms with Crippen LogP contribution < -0.4 is 10.2 Å². The molecule has 1 aliphatic heterocycles. The van der Waals surface area contributed by atoms with Crippen molar-refractivity contribution < 1.29 is 4.79 Å². The number of piperazine rings is 1. The average Bonchev–Trinajstić information content (AvgIpc) is 3.29. The standard InChI is InChI=1S/C25H26ClN7O/c1-16-14-32(11-12-33(16)25(34)30-17(2)18-3-5-20(26)6-4-18)24-21-13-22(19-7-9-27-10-8-19)31-23(21)28-15-29-24/h3-10,13,15-17H,11-12,14H2,1-2H3,(H,30,34)(H,28,29,31)/t16-,17?/m0/s1. The zero-order chi connectivity index (χ0) is 23.7. The number of aromatic nitrogens is 4. The van der Waals surface area contributed by atoms with Crippen molar-refractivity contribution in [2.45, 2.75) is 25.9 Å². The first kappa shape index (κ1) is 22.2. The van der Waals surface area contributed by atoms with Crippen molar-refractivity contribution in [3.05, 3.63) is 71.8 Å². The molecular weight excluding hydrogens is 450 g/mol. The van der Waals surface area contributed by atoms with Crippen molar-refractivity contribution in [3.8, 4) is 11.3 Å². The quantitative estimate of drug-likeness (QED) is 0.448. The van der Waals surface area contributed by atoms with Gasteiger partial charge in [-0.05, 0) is 49.7 Å². The number of halogens is 1. The van der Waals surface area contributed by atoms with Crippen LogP contribution in [-0.4, -0.2) is 56.5 Å². The molecule has 1 saturated heterocycles. The molecule has 2 atom stereocenters. The zero-order valence-corrected chi connectivity index (χ0v) is 19.8. The Morgan fingerprint density at radius 1 is 1.15 bits per heavy atom. The summed E-state index contributed by atoms with van der Waals surface area (Å²) in [6.07, 6.45) is 5.13. The maximum atomic E-state index is 13.0. The molecule has 1 fully saturated rings. The highest BCUT2D eigenvalue weighted by atomic mass is 35.5. The van der Waals surface area contributed by atoms with Gasteiger partial charge in [-0.2, -0.15) is 0 Å². The molecule has 2 N–H and O–H groups in total. The normalized spacial score (nSPS) is 17.1. The minimum atomic E-state index is -0.108. The fourth-order valence-electron chi connectivity index (χ4n) is 4.42. The molecule has 5 rings (SSSR count). The van der Waals surface area contributed by atoms with E-state index in [0.29, 0.717) is 24.7 Å². The lowest BCUT2D eigenvalue weighted by atomic mass is 10.1. The van der Waals surface area contributed by atoms with Crippen molar-refractivity contribution in [2.75, 3.05) is 24.5 Å². The zero-order valence-electron chi connectivity index (χ0n) is 19.1. The van der Waals surface area contributed by atoms with Crippen LogP contribution in [0.5, 0.6) is 0 Å². The van der Waals surface area contributed by atoms with E-state index in [1.54, 1.807) is 18.7 Å². The molecule has 2 amide bonds. The molecule has 4 aromatic rings. The third-order valence-electron chi connectivity index (χ3n) is 6.29. The van der Waals surface area contributed by atoms with Crippen LogP contribution in [0.4, 0.5) is 10.6 Å². The number of H-pyrrole nitrogens is 1. The van der Waals surface area contributed by atoms with E-state index in [2.05, 4.69) is 43.1 Å². The van der Waals surface area contributed by atoms with Crippen molar-refractivity contribution in [1.82, 2.24) is 30.2 Å². The number of urea groups is 1. The number of anilines is 1. The highest BCUT2D eigenvalue weighted by molar-refractivity contribution is 6.30. The van der Waals surface area contributed by atoms with Crippen molar-refractivity contribution >= 4 is 34.5 Å². The number of pyridine rings is 1. The van der Waals surface area contributed by atoms with Crippen LogP contribution >= 0.6 is 11.6 Å². The van der Waals surface area contributed by atoms with Gasteiger partial charge in [0.25, 0.3) is 0 Å². The highest BCUT2D eigenvalue weighted by Gasteiger charge is 2.30. The number of hydrogen-bond acceptors (Lipinski definition) is 5. The Hall–Kier alpha value is -3.65. The smallest absolute Gasteiger partial charge is 0.318 e. The fraction of sp³-hybridized carbons (Fsp3) is 0.280. The van der Waals surface area contributed by atoms with E-state index in [0.717, 1.165) is 33.7 Å². The van der Waals surface area contributed by atoms with Gasteiger partial charge in [-0.1, -0.05) is 23.7 Å². The number of carbonyl (C=O) groups excluding carboxylic acids is 1. The summed E-state index contributed by atoms with van der Waals surface area (Å²) < 4.78 is 0. The molecule has 9 heteroatoms. The molecule has 3 aromatic heterocycles. The summed E-state index contributed by atoms with van der Waals surface area (Å²) in [6.45, 7) is 6.02. The second-order valence-electron chi connectivity index (χ2n) is 8.59. The summed E-state index contributed by atoms with van der Waals surface area (Å²) in [7, 11) is 0. The second kappa shape index (κ2) is 9.30. The molecular formula is C25H26ClN7O. The molecule has 0 bridgehead atoms. The summed E-state index contributed by atoms with van der Waals surface area (Å²) in [4.78, 5) is 33.6. The number of amides is 2. The molecule has 8 nitrogen and oxygen atoms in total. The van der Waals surface area contributed by atoms with E-state index in [-0.39, 0.29) is 18.1 Å². The summed E-state index contributed by atoms with van der Waals surface area (Å²) in [6, 6.07) is 13.4. The van der Waals surface area contributed by atoms with Gasteiger partial charge in [0.1, 0.15) is 17.8 Å². The number of fused-ring (bicyclic) bond motifs is 1. The number of nitrogens with one attached hydrogen (secondary N) is 2. The Morgan fingerprint density at radius 3 is 2.65 bits per heavy atom. The maximum absolute atomic E-state index is 13.0. The number of hydrogen-bond donors (Lipinski definition) is 2. The van der Waals surface area contributed by atoms with Crippen LogP contribution in [0.2, 0.25) is 5.02 Å². The van der Waals surface area contributed by atoms with Gasteiger partial charge < -0.3 is 20.1 Å². The number of nitrogens with zero attached hydrogens (tertiary/aromatic N) is 5. The highest BCUT2D eigenvalue weighted by Crippen LogP contribution is 2.29. The van der Waals surface area contributed by atoms with E-state index in [4.69, 9.17) is 11.6 Å². The molecule has 174 valence electrons. The first-order valence-corrected chi connectivity index (χ1v) is 11.7. The molecule has 0 saturated carbocycles. The Kier molecular flexibility index (Phi) is 6.06. The molecule has 34 heavy (non-hydrogen) atoms. The van der Waals surface area contributed by atoms with Gasteiger partial charge in [-0.15, -0.1) is 0 Å². The van der Waals surface area contributed by atoms with E-state index in [1.807, 2.05) is 48.2 Å². The van der Waals surface area contributed by atoms with Crippen LogP contribution in [-0.2, 0) is 0 Å². The fourth-order valence-corrected chi connectivity index (χ4v) is 4.55. The van der Waals surface area contributed by atoms with E-state index < -0.39 is 0 Å². The maximum Gasteiger partial charge on any atom is 0.318 e.